The Bertz CT molecular complexity index is 466. The first kappa shape index (κ1) is 18.3. The SMILES string of the molecule is CCCCCNC(=O)C(C)NC(C)c1ccc(Cl)cc1Cl. The molecule has 2 unspecified atom stereocenters. The maximum atomic E-state index is 12.0. The molecule has 0 saturated carbocycles. The highest BCUT2D eigenvalue weighted by atomic mass is 35.5. The van der Waals surface area contributed by atoms with Crippen LogP contribution < -0.4 is 10.6 Å². The number of unbranched alkanes of at least 4 members (excludes halogenated alkanes) is 2. The third kappa shape index (κ3) is 6.25. The molecule has 1 aromatic carbocycles. The molecule has 118 valence electrons. The first-order valence-corrected chi connectivity index (χ1v) is 8.20. The van der Waals surface area contributed by atoms with Gasteiger partial charge < -0.3 is 5.32 Å². The van der Waals surface area contributed by atoms with Crippen LogP contribution in [0.4, 0.5) is 0 Å². The molecule has 0 aromatic heterocycles. The monoisotopic (exact) mass is 330 g/mol. The van der Waals surface area contributed by atoms with Crippen LogP contribution in [0.5, 0.6) is 0 Å². The minimum Gasteiger partial charge on any atom is -0.355 e. The van der Waals surface area contributed by atoms with E-state index < -0.39 is 0 Å². The molecule has 1 amide bonds. The average molecular weight is 331 g/mol. The average Bonchev–Trinajstić information content (AvgIpc) is 2.43. The lowest BCUT2D eigenvalue weighted by molar-refractivity contribution is -0.122. The van der Waals surface area contributed by atoms with Gasteiger partial charge in [-0.1, -0.05) is 49.0 Å². The lowest BCUT2D eigenvalue weighted by atomic mass is 10.1. The van der Waals surface area contributed by atoms with E-state index in [-0.39, 0.29) is 18.0 Å². The molecule has 0 aliphatic rings. The zero-order valence-electron chi connectivity index (χ0n) is 12.9. The van der Waals surface area contributed by atoms with Gasteiger partial charge in [0.05, 0.1) is 6.04 Å². The number of benzene rings is 1. The van der Waals surface area contributed by atoms with Crippen molar-refractivity contribution in [2.24, 2.45) is 0 Å². The molecule has 0 spiro atoms. The highest BCUT2D eigenvalue weighted by Gasteiger charge is 2.17. The number of nitrogens with one attached hydrogen (secondary N) is 2. The number of carbonyl (C=O) groups excluding carboxylic acids is 1. The molecular weight excluding hydrogens is 307 g/mol. The zero-order chi connectivity index (χ0) is 15.8. The molecule has 0 bridgehead atoms. The smallest absolute Gasteiger partial charge is 0.236 e. The van der Waals surface area contributed by atoms with Gasteiger partial charge in [0.1, 0.15) is 0 Å². The zero-order valence-corrected chi connectivity index (χ0v) is 14.4. The van der Waals surface area contributed by atoms with Crippen molar-refractivity contribution in [3.05, 3.63) is 33.8 Å². The van der Waals surface area contributed by atoms with Crippen molar-refractivity contribution >= 4 is 29.1 Å². The standard InChI is InChI=1S/C16H24Cl2N2O/c1-4-5-6-9-19-16(21)12(3)20-11(2)14-8-7-13(17)10-15(14)18/h7-8,10-12,20H,4-6,9H2,1-3H3,(H,19,21). The van der Waals surface area contributed by atoms with E-state index in [4.69, 9.17) is 23.2 Å². The summed E-state index contributed by atoms with van der Waals surface area (Å²) in [5, 5.41) is 7.42. The largest absolute Gasteiger partial charge is 0.355 e. The first-order chi connectivity index (χ1) is 9.95. The van der Waals surface area contributed by atoms with Crippen molar-refractivity contribution in [3.63, 3.8) is 0 Å². The maximum absolute atomic E-state index is 12.0. The van der Waals surface area contributed by atoms with Crippen molar-refractivity contribution in [3.8, 4) is 0 Å². The Hall–Kier alpha value is -0.770. The van der Waals surface area contributed by atoms with Crippen LogP contribution in [0, 0.1) is 0 Å². The molecule has 1 aromatic rings. The second kappa shape index (κ2) is 9.29. The third-order valence-corrected chi connectivity index (χ3v) is 3.96. The fourth-order valence-corrected chi connectivity index (χ4v) is 2.70. The van der Waals surface area contributed by atoms with E-state index in [0.717, 1.165) is 31.4 Å². The minimum absolute atomic E-state index is 0.0167. The highest BCUT2D eigenvalue weighted by Crippen LogP contribution is 2.26. The number of hydrogen-bond donors (Lipinski definition) is 2. The molecular formula is C16H24Cl2N2O. The van der Waals surface area contributed by atoms with E-state index in [9.17, 15) is 4.79 Å². The highest BCUT2D eigenvalue weighted by molar-refractivity contribution is 6.35. The topological polar surface area (TPSA) is 41.1 Å². The lowest BCUT2D eigenvalue weighted by Crippen LogP contribution is -2.43. The van der Waals surface area contributed by atoms with Crippen LogP contribution in [0.2, 0.25) is 10.0 Å². The van der Waals surface area contributed by atoms with Gasteiger partial charge in [-0.25, -0.2) is 0 Å². The van der Waals surface area contributed by atoms with Crippen molar-refractivity contribution < 1.29 is 4.79 Å². The van der Waals surface area contributed by atoms with Gasteiger partial charge in [0.15, 0.2) is 0 Å². The van der Waals surface area contributed by atoms with Crippen molar-refractivity contribution in [1.29, 1.82) is 0 Å². The van der Waals surface area contributed by atoms with Crippen LogP contribution >= 0.6 is 23.2 Å². The Morgan fingerprint density at radius 1 is 1.24 bits per heavy atom. The number of amides is 1. The number of carbonyl (C=O) groups is 1. The van der Waals surface area contributed by atoms with Gasteiger partial charge in [0, 0.05) is 22.6 Å². The summed E-state index contributed by atoms with van der Waals surface area (Å²) in [5.41, 5.74) is 0.937. The first-order valence-electron chi connectivity index (χ1n) is 7.44. The molecule has 0 aliphatic heterocycles. The normalized spacial score (nSPS) is 13.8. The molecule has 5 heteroatoms. The summed E-state index contributed by atoms with van der Waals surface area (Å²) in [5.74, 6) is 0.0167. The predicted molar refractivity (Wildman–Crippen MR) is 90.0 cm³/mol. The second-order valence-electron chi connectivity index (χ2n) is 5.27. The number of halogens is 2. The number of hydrogen-bond acceptors (Lipinski definition) is 2. The molecule has 0 radical (unpaired) electrons. The maximum Gasteiger partial charge on any atom is 0.236 e. The Balaban J connectivity index is 2.49. The van der Waals surface area contributed by atoms with Crippen LogP contribution in [-0.2, 0) is 4.79 Å². The second-order valence-corrected chi connectivity index (χ2v) is 6.12. The van der Waals surface area contributed by atoms with Gasteiger partial charge in [0.2, 0.25) is 5.91 Å². The summed E-state index contributed by atoms with van der Waals surface area (Å²) in [6, 6.07) is 5.11. The lowest BCUT2D eigenvalue weighted by Gasteiger charge is -2.21. The van der Waals surface area contributed by atoms with Crippen LogP contribution in [0.3, 0.4) is 0 Å². The fourth-order valence-electron chi connectivity index (χ4n) is 2.13. The van der Waals surface area contributed by atoms with E-state index in [1.54, 1.807) is 12.1 Å². The summed E-state index contributed by atoms with van der Waals surface area (Å²) in [4.78, 5) is 12.0. The third-order valence-electron chi connectivity index (χ3n) is 3.40. The van der Waals surface area contributed by atoms with Gasteiger partial charge in [-0.15, -0.1) is 0 Å². The van der Waals surface area contributed by atoms with Gasteiger partial charge in [0.25, 0.3) is 0 Å². The van der Waals surface area contributed by atoms with E-state index >= 15 is 0 Å². The Kier molecular flexibility index (Phi) is 8.09. The predicted octanol–water partition coefficient (Wildman–Crippen LogP) is 4.34. The summed E-state index contributed by atoms with van der Waals surface area (Å²) < 4.78 is 0. The summed E-state index contributed by atoms with van der Waals surface area (Å²) in [6.07, 6.45) is 3.31. The van der Waals surface area contributed by atoms with Crippen LogP contribution in [0.25, 0.3) is 0 Å². The minimum atomic E-state index is -0.270. The molecule has 2 atom stereocenters. The van der Waals surface area contributed by atoms with Crippen LogP contribution in [-0.4, -0.2) is 18.5 Å². The molecule has 2 N–H and O–H groups in total. The van der Waals surface area contributed by atoms with E-state index in [1.807, 2.05) is 19.9 Å². The molecule has 1 rings (SSSR count). The van der Waals surface area contributed by atoms with Crippen molar-refractivity contribution in [1.82, 2.24) is 10.6 Å². The van der Waals surface area contributed by atoms with Crippen LogP contribution in [0.15, 0.2) is 18.2 Å². The summed E-state index contributed by atoms with van der Waals surface area (Å²) in [6.45, 7) is 6.71. The summed E-state index contributed by atoms with van der Waals surface area (Å²) >= 11 is 12.1. The molecule has 0 heterocycles. The van der Waals surface area contributed by atoms with Crippen molar-refractivity contribution in [2.45, 2.75) is 52.1 Å². The molecule has 3 nitrogen and oxygen atoms in total. The van der Waals surface area contributed by atoms with Gasteiger partial charge >= 0.3 is 0 Å². The Morgan fingerprint density at radius 3 is 2.57 bits per heavy atom. The van der Waals surface area contributed by atoms with E-state index in [1.165, 1.54) is 0 Å². The molecule has 0 fully saturated rings. The summed E-state index contributed by atoms with van der Waals surface area (Å²) in [7, 11) is 0. The molecule has 0 saturated heterocycles. The number of rotatable bonds is 8. The Labute approximate surface area is 137 Å². The van der Waals surface area contributed by atoms with Crippen molar-refractivity contribution in [2.75, 3.05) is 6.54 Å². The fraction of sp³-hybridized carbons (Fsp3) is 0.562. The molecule has 21 heavy (non-hydrogen) atoms. The van der Waals surface area contributed by atoms with E-state index in [2.05, 4.69) is 17.6 Å². The van der Waals surface area contributed by atoms with Gasteiger partial charge in [-0.2, -0.15) is 0 Å². The van der Waals surface area contributed by atoms with Gasteiger partial charge in [-0.3, -0.25) is 10.1 Å². The van der Waals surface area contributed by atoms with Crippen LogP contribution in [0.1, 0.15) is 51.6 Å². The Morgan fingerprint density at radius 2 is 1.95 bits per heavy atom. The molecule has 0 aliphatic carbocycles. The van der Waals surface area contributed by atoms with E-state index in [0.29, 0.717) is 10.0 Å². The van der Waals surface area contributed by atoms with Gasteiger partial charge in [-0.05, 0) is 38.0 Å². The quantitative estimate of drug-likeness (QED) is 0.696.